The van der Waals surface area contributed by atoms with Crippen molar-refractivity contribution in [2.75, 3.05) is 19.8 Å². The zero-order valence-electron chi connectivity index (χ0n) is 17.3. The van der Waals surface area contributed by atoms with E-state index in [0.29, 0.717) is 19.8 Å². The number of morpholine rings is 1. The van der Waals surface area contributed by atoms with Gasteiger partial charge in [-0.3, -0.25) is 4.98 Å². The number of aromatic nitrogens is 1. The van der Waals surface area contributed by atoms with Crippen molar-refractivity contribution >= 4 is 5.84 Å². The number of rotatable bonds is 4. The number of hydrogen-bond donors (Lipinski definition) is 1. The molecule has 0 saturated carbocycles. The Morgan fingerprint density at radius 1 is 1.32 bits per heavy atom. The Labute approximate surface area is 168 Å². The third kappa shape index (κ3) is 4.32. The number of aliphatic imine (C=N–C) groups is 1. The van der Waals surface area contributed by atoms with E-state index in [9.17, 15) is 0 Å². The number of nitrogens with two attached hydrogens (primary N) is 1. The molecular formula is C23H30N4O. The SMILES string of the molecule is C=C(C)N=C(c1ccc(-c2ccc(C)c(CN)c2)nc1C)N1CCOC[C@@H]1C. The fraction of sp³-hybridized carbons (Fsp3) is 0.391. The molecule has 148 valence electrons. The second-order valence-electron chi connectivity index (χ2n) is 7.46. The van der Waals surface area contributed by atoms with Gasteiger partial charge < -0.3 is 15.4 Å². The van der Waals surface area contributed by atoms with Gasteiger partial charge in [0.2, 0.25) is 0 Å². The highest BCUT2D eigenvalue weighted by Gasteiger charge is 2.25. The van der Waals surface area contributed by atoms with Gasteiger partial charge in [0.1, 0.15) is 5.84 Å². The fourth-order valence-corrected chi connectivity index (χ4v) is 3.51. The predicted octanol–water partition coefficient (Wildman–Crippen LogP) is 3.83. The quantitative estimate of drug-likeness (QED) is 0.649. The van der Waals surface area contributed by atoms with Crippen molar-refractivity contribution < 1.29 is 4.74 Å². The van der Waals surface area contributed by atoms with Crippen LogP contribution in [0.1, 0.15) is 36.2 Å². The lowest BCUT2D eigenvalue weighted by molar-refractivity contribution is 0.0334. The first-order chi connectivity index (χ1) is 13.4. The largest absolute Gasteiger partial charge is 0.377 e. The van der Waals surface area contributed by atoms with E-state index in [1.807, 2.05) is 13.8 Å². The van der Waals surface area contributed by atoms with Gasteiger partial charge in [0.25, 0.3) is 0 Å². The molecule has 28 heavy (non-hydrogen) atoms. The standard InChI is InChI=1S/C23H30N4O/c1-15(2)25-23(27-10-11-28-14-17(27)4)21-8-9-22(26-18(21)5)19-7-6-16(3)20(12-19)13-24/h6-9,12,17H,1,10-11,13-14,24H2,2-5H3/t17-/m0/s1. The molecule has 1 aromatic heterocycles. The Morgan fingerprint density at radius 3 is 2.75 bits per heavy atom. The van der Waals surface area contributed by atoms with E-state index in [2.05, 4.69) is 55.7 Å². The lowest BCUT2D eigenvalue weighted by Gasteiger charge is -2.36. The molecular weight excluding hydrogens is 348 g/mol. The number of allylic oxidation sites excluding steroid dienone is 1. The molecule has 1 atom stereocenters. The molecule has 5 heteroatoms. The van der Waals surface area contributed by atoms with E-state index in [4.69, 9.17) is 20.4 Å². The van der Waals surface area contributed by atoms with E-state index >= 15 is 0 Å². The summed E-state index contributed by atoms with van der Waals surface area (Å²) in [6.07, 6.45) is 0. The maximum absolute atomic E-state index is 5.87. The Hall–Kier alpha value is -2.50. The lowest BCUT2D eigenvalue weighted by atomic mass is 10.0. The maximum atomic E-state index is 5.87. The highest BCUT2D eigenvalue weighted by Crippen LogP contribution is 2.24. The van der Waals surface area contributed by atoms with E-state index in [-0.39, 0.29) is 6.04 Å². The van der Waals surface area contributed by atoms with Crippen molar-refractivity contribution in [3.8, 4) is 11.3 Å². The van der Waals surface area contributed by atoms with Crippen molar-refractivity contribution in [3.63, 3.8) is 0 Å². The summed E-state index contributed by atoms with van der Waals surface area (Å²) in [7, 11) is 0. The zero-order valence-corrected chi connectivity index (χ0v) is 17.3. The van der Waals surface area contributed by atoms with Gasteiger partial charge >= 0.3 is 0 Å². The fourth-order valence-electron chi connectivity index (χ4n) is 3.51. The van der Waals surface area contributed by atoms with Crippen molar-refractivity contribution in [1.82, 2.24) is 9.88 Å². The summed E-state index contributed by atoms with van der Waals surface area (Å²) in [4.78, 5) is 11.9. The summed E-state index contributed by atoms with van der Waals surface area (Å²) in [6.45, 7) is 14.9. The topological polar surface area (TPSA) is 63.7 Å². The minimum Gasteiger partial charge on any atom is -0.377 e. The minimum atomic E-state index is 0.259. The van der Waals surface area contributed by atoms with Crippen molar-refractivity contribution in [2.45, 2.75) is 40.3 Å². The molecule has 1 saturated heterocycles. The molecule has 1 aliphatic heterocycles. The molecule has 1 fully saturated rings. The van der Waals surface area contributed by atoms with Gasteiger partial charge in [-0.25, -0.2) is 4.99 Å². The summed E-state index contributed by atoms with van der Waals surface area (Å²) < 4.78 is 5.60. The number of hydrogen-bond acceptors (Lipinski definition) is 4. The molecule has 0 amide bonds. The Balaban J connectivity index is 2.01. The third-order valence-electron chi connectivity index (χ3n) is 5.13. The normalized spacial score (nSPS) is 17.7. The van der Waals surface area contributed by atoms with Crippen LogP contribution in [0.2, 0.25) is 0 Å². The van der Waals surface area contributed by atoms with E-state index in [1.165, 1.54) is 5.56 Å². The molecule has 0 radical (unpaired) electrons. The molecule has 0 unspecified atom stereocenters. The number of amidine groups is 1. The third-order valence-corrected chi connectivity index (χ3v) is 5.13. The van der Waals surface area contributed by atoms with Crippen LogP contribution in [0.5, 0.6) is 0 Å². The van der Waals surface area contributed by atoms with Crippen LogP contribution in [-0.2, 0) is 11.3 Å². The van der Waals surface area contributed by atoms with Gasteiger partial charge in [-0.2, -0.15) is 0 Å². The first kappa shape index (κ1) is 20.2. The molecule has 5 nitrogen and oxygen atoms in total. The van der Waals surface area contributed by atoms with Crippen LogP contribution in [0.3, 0.4) is 0 Å². The molecule has 2 aromatic rings. The number of benzene rings is 1. The van der Waals surface area contributed by atoms with Gasteiger partial charge in [-0.1, -0.05) is 18.7 Å². The molecule has 0 bridgehead atoms. The predicted molar refractivity (Wildman–Crippen MR) is 115 cm³/mol. The monoisotopic (exact) mass is 378 g/mol. The smallest absolute Gasteiger partial charge is 0.138 e. The summed E-state index contributed by atoms with van der Waals surface area (Å²) >= 11 is 0. The van der Waals surface area contributed by atoms with E-state index < -0.39 is 0 Å². The molecule has 2 N–H and O–H groups in total. The summed E-state index contributed by atoms with van der Waals surface area (Å²) in [5.41, 5.74) is 13.0. The Bertz CT molecular complexity index is 903. The van der Waals surface area contributed by atoms with Gasteiger partial charge in [0.05, 0.1) is 24.9 Å². The first-order valence-corrected chi connectivity index (χ1v) is 9.77. The van der Waals surface area contributed by atoms with Gasteiger partial charge in [0, 0.05) is 35.6 Å². The highest BCUT2D eigenvalue weighted by atomic mass is 16.5. The lowest BCUT2D eigenvalue weighted by Crippen LogP contribution is -2.47. The van der Waals surface area contributed by atoms with Gasteiger partial charge in [-0.15, -0.1) is 0 Å². The summed E-state index contributed by atoms with van der Waals surface area (Å²) in [6, 6.07) is 10.8. The molecule has 1 aromatic carbocycles. The Kier molecular flexibility index (Phi) is 6.27. The second kappa shape index (κ2) is 8.67. The average Bonchev–Trinajstić information content (AvgIpc) is 2.67. The van der Waals surface area contributed by atoms with Crippen LogP contribution >= 0.6 is 0 Å². The summed E-state index contributed by atoms with van der Waals surface area (Å²) in [5.74, 6) is 0.923. The van der Waals surface area contributed by atoms with E-state index in [0.717, 1.165) is 46.2 Å². The van der Waals surface area contributed by atoms with E-state index in [1.54, 1.807) is 0 Å². The van der Waals surface area contributed by atoms with Crippen LogP contribution in [-0.4, -0.2) is 41.5 Å². The van der Waals surface area contributed by atoms with Crippen LogP contribution in [0.25, 0.3) is 11.3 Å². The van der Waals surface area contributed by atoms with Crippen LogP contribution in [0.4, 0.5) is 0 Å². The number of ether oxygens (including phenoxy) is 1. The molecule has 2 heterocycles. The minimum absolute atomic E-state index is 0.259. The molecule has 3 rings (SSSR count). The Morgan fingerprint density at radius 2 is 2.11 bits per heavy atom. The van der Waals surface area contributed by atoms with Gasteiger partial charge in [-0.05, 0) is 57.0 Å². The van der Waals surface area contributed by atoms with Crippen molar-refractivity contribution in [1.29, 1.82) is 0 Å². The molecule has 1 aliphatic rings. The van der Waals surface area contributed by atoms with Crippen LogP contribution < -0.4 is 5.73 Å². The van der Waals surface area contributed by atoms with Crippen molar-refractivity contribution in [3.05, 3.63) is 65.0 Å². The highest BCUT2D eigenvalue weighted by molar-refractivity contribution is 6.00. The number of pyridine rings is 1. The van der Waals surface area contributed by atoms with Gasteiger partial charge in [0.15, 0.2) is 0 Å². The number of nitrogens with zero attached hydrogens (tertiary/aromatic N) is 3. The number of aryl methyl sites for hydroxylation is 2. The second-order valence-corrected chi connectivity index (χ2v) is 7.46. The van der Waals surface area contributed by atoms with Crippen molar-refractivity contribution in [2.24, 2.45) is 10.7 Å². The molecule has 0 spiro atoms. The maximum Gasteiger partial charge on any atom is 0.138 e. The summed E-state index contributed by atoms with van der Waals surface area (Å²) in [5, 5.41) is 0. The first-order valence-electron chi connectivity index (χ1n) is 9.77. The molecule has 0 aliphatic carbocycles. The van der Waals surface area contributed by atoms with Crippen LogP contribution in [0, 0.1) is 13.8 Å². The zero-order chi connectivity index (χ0) is 20.3. The average molecular weight is 379 g/mol. The van der Waals surface area contributed by atoms with Crippen LogP contribution in [0.15, 0.2) is 47.6 Å².